The molecule has 0 fully saturated rings. The third kappa shape index (κ3) is 7.50. The fraction of sp³-hybridized carbons (Fsp3) is 0. The third-order valence-corrected chi connectivity index (χ3v) is 18.1. The van der Waals surface area contributed by atoms with Crippen LogP contribution in [-0.2, 0) is 0 Å². The van der Waals surface area contributed by atoms with E-state index in [1.165, 1.54) is 120 Å². The Morgan fingerprint density at radius 1 is 0.220 bits per heavy atom. The van der Waals surface area contributed by atoms with Gasteiger partial charge in [-0.2, -0.15) is 0 Å². The van der Waals surface area contributed by atoms with E-state index in [-0.39, 0.29) is 0 Å². The number of hydrogen-bond acceptors (Lipinski definition) is 2. The second kappa shape index (κ2) is 18.5. The summed E-state index contributed by atoms with van der Waals surface area (Å²) in [7, 11) is 0. The molecule has 0 aliphatic carbocycles. The SMILES string of the molecule is c1ccc(-c2ccc3c(c2)c2cc(-c4cccc(-c5cccc(-c6ccc7c(c6)c6cc(-c8ccccc8-c8ccccc8)ccc6n7-c6ccc7sc8ccccc8c7c6)c5)c4)ccc2n3-c2ccc3oc4ccccc4c3c2)cc1. The van der Waals surface area contributed by atoms with Gasteiger partial charge in [-0.05, 0) is 176 Å². The molecule has 0 spiro atoms. The topological polar surface area (TPSA) is 23.0 Å². The van der Waals surface area contributed by atoms with E-state index in [4.69, 9.17) is 4.42 Å². The van der Waals surface area contributed by atoms with E-state index in [1.807, 2.05) is 23.5 Å². The average Bonchev–Trinajstić information content (AvgIpc) is 3.47. The first-order chi connectivity index (χ1) is 40.6. The molecule has 17 aromatic rings. The molecule has 0 atom stereocenters. The van der Waals surface area contributed by atoms with Crippen molar-refractivity contribution in [3.8, 4) is 78.1 Å². The van der Waals surface area contributed by atoms with Gasteiger partial charge in [0.25, 0.3) is 0 Å². The second-order valence-corrected chi connectivity index (χ2v) is 22.7. The van der Waals surface area contributed by atoms with Crippen LogP contribution in [0, 0.1) is 0 Å². The van der Waals surface area contributed by atoms with Crippen molar-refractivity contribution in [1.29, 1.82) is 0 Å². The lowest BCUT2D eigenvalue weighted by Crippen LogP contribution is -1.93. The summed E-state index contributed by atoms with van der Waals surface area (Å²) in [5.74, 6) is 0. The van der Waals surface area contributed by atoms with Gasteiger partial charge in [-0.15, -0.1) is 11.3 Å². The minimum atomic E-state index is 0.891. The van der Waals surface area contributed by atoms with Crippen molar-refractivity contribution in [3.05, 3.63) is 291 Å². The molecule has 0 radical (unpaired) electrons. The lowest BCUT2D eigenvalue weighted by Gasteiger charge is -2.11. The molecule has 0 saturated heterocycles. The molecular formula is C78H48N2OS. The highest BCUT2D eigenvalue weighted by atomic mass is 32.1. The van der Waals surface area contributed by atoms with Crippen LogP contribution in [0.15, 0.2) is 296 Å². The van der Waals surface area contributed by atoms with Crippen molar-refractivity contribution in [2.75, 3.05) is 0 Å². The van der Waals surface area contributed by atoms with Gasteiger partial charge < -0.3 is 13.6 Å². The Kier molecular flexibility index (Phi) is 10.5. The third-order valence-electron chi connectivity index (χ3n) is 16.9. The predicted octanol–water partition coefficient (Wildman–Crippen LogP) is 22.2. The number of rotatable bonds is 8. The number of hydrogen-bond donors (Lipinski definition) is 0. The normalized spacial score (nSPS) is 11.9. The first kappa shape index (κ1) is 46.4. The Hall–Kier alpha value is -10.5. The molecule has 0 unspecified atom stereocenters. The summed E-state index contributed by atoms with van der Waals surface area (Å²) in [5, 5.41) is 9.69. The lowest BCUT2D eigenvalue weighted by molar-refractivity contribution is 0.669. The van der Waals surface area contributed by atoms with Crippen LogP contribution >= 0.6 is 11.3 Å². The highest BCUT2D eigenvalue weighted by Gasteiger charge is 2.20. The molecule has 82 heavy (non-hydrogen) atoms. The minimum Gasteiger partial charge on any atom is -0.456 e. The summed E-state index contributed by atoms with van der Waals surface area (Å²) in [4.78, 5) is 0. The van der Waals surface area contributed by atoms with Gasteiger partial charge in [0, 0.05) is 63.9 Å². The molecule has 0 aliphatic rings. The zero-order valence-electron chi connectivity index (χ0n) is 44.4. The minimum absolute atomic E-state index is 0.891. The Bertz CT molecular complexity index is 5400. The fourth-order valence-electron chi connectivity index (χ4n) is 13.0. The predicted molar refractivity (Wildman–Crippen MR) is 348 cm³/mol. The van der Waals surface area contributed by atoms with E-state index in [0.717, 1.165) is 44.3 Å². The lowest BCUT2D eigenvalue weighted by atomic mass is 9.93. The van der Waals surface area contributed by atoms with E-state index < -0.39 is 0 Å². The van der Waals surface area contributed by atoms with E-state index in [2.05, 4.69) is 288 Å². The zero-order valence-corrected chi connectivity index (χ0v) is 45.2. The number of thiophene rings is 1. The average molecular weight is 1060 g/mol. The monoisotopic (exact) mass is 1060 g/mol. The van der Waals surface area contributed by atoms with Gasteiger partial charge in [0.05, 0.1) is 22.1 Å². The Balaban J connectivity index is 0.779. The summed E-state index contributed by atoms with van der Waals surface area (Å²) in [6.45, 7) is 0. The van der Waals surface area contributed by atoms with Crippen molar-refractivity contribution in [3.63, 3.8) is 0 Å². The van der Waals surface area contributed by atoms with E-state index in [9.17, 15) is 0 Å². The van der Waals surface area contributed by atoms with Gasteiger partial charge in [0.2, 0.25) is 0 Å². The molecule has 0 amide bonds. The van der Waals surface area contributed by atoms with Gasteiger partial charge in [-0.25, -0.2) is 0 Å². The van der Waals surface area contributed by atoms with Gasteiger partial charge >= 0.3 is 0 Å². The van der Waals surface area contributed by atoms with Crippen LogP contribution in [0.2, 0.25) is 0 Å². The molecule has 4 heteroatoms. The van der Waals surface area contributed by atoms with Crippen LogP contribution in [0.25, 0.3) is 164 Å². The van der Waals surface area contributed by atoms with Crippen LogP contribution in [0.4, 0.5) is 0 Å². The summed E-state index contributed by atoms with van der Waals surface area (Å²) >= 11 is 1.86. The molecule has 4 aromatic heterocycles. The molecule has 4 heterocycles. The molecule has 0 bridgehead atoms. The summed E-state index contributed by atoms with van der Waals surface area (Å²) in [5.41, 5.74) is 23.0. The van der Waals surface area contributed by atoms with Crippen molar-refractivity contribution in [2.24, 2.45) is 0 Å². The maximum atomic E-state index is 6.28. The van der Waals surface area contributed by atoms with Gasteiger partial charge in [-0.3, -0.25) is 0 Å². The van der Waals surface area contributed by atoms with Crippen LogP contribution < -0.4 is 0 Å². The van der Waals surface area contributed by atoms with Crippen molar-refractivity contribution in [1.82, 2.24) is 9.13 Å². The van der Waals surface area contributed by atoms with Gasteiger partial charge in [-0.1, -0.05) is 182 Å². The number of para-hydroxylation sites is 1. The van der Waals surface area contributed by atoms with E-state index in [1.54, 1.807) is 0 Å². The summed E-state index contributed by atoms with van der Waals surface area (Å²) < 4.78 is 13.8. The second-order valence-electron chi connectivity index (χ2n) is 21.6. The van der Waals surface area contributed by atoms with Crippen molar-refractivity contribution in [2.45, 2.75) is 0 Å². The molecule has 0 saturated carbocycles. The van der Waals surface area contributed by atoms with Gasteiger partial charge in [0.1, 0.15) is 11.2 Å². The molecule has 3 nitrogen and oxygen atoms in total. The maximum absolute atomic E-state index is 6.28. The fourth-order valence-corrected chi connectivity index (χ4v) is 14.1. The van der Waals surface area contributed by atoms with Crippen LogP contribution in [0.5, 0.6) is 0 Å². The number of aromatic nitrogens is 2. The molecule has 0 aliphatic heterocycles. The quantitative estimate of drug-likeness (QED) is 0.149. The highest BCUT2D eigenvalue weighted by Crippen LogP contribution is 2.44. The largest absolute Gasteiger partial charge is 0.456 e. The van der Waals surface area contributed by atoms with Crippen LogP contribution in [0.1, 0.15) is 0 Å². The number of benzene rings is 13. The highest BCUT2D eigenvalue weighted by molar-refractivity contribution is 7.25. The molecule has 382 valence electrons. The number of nitrogens with zero attached hydrogens (tertiary/aromatic N) is 2. The smallest absolute Gasteiger partial charge is 0.135 e. The van der Waals surface area contributed by atoms with Crippen LogP contribution in [-0.4, -0.2) is 9.13 Å². The number of fused-ring (bicyclic) bond motifs is 12. The Labute approximate surface area is 477 Å². The van der Waals surface area contributed by atoms with Crippen molar-refractivity contribution < 1.29 is 4.42 Å². The Morgan fingerprint density at radius 2 is 0.622 bits per heavy atom. The summed E-state index contributed by atoms with van der Waals surface area (Å²) in [6, 6.07) is 107. The van der Waals surface area contributed by atoms with Crippen molar-refractivity contribution >= 4 is 97.1 Å². The summed E-state index contributed by atoms with van der Waals surface area (Å²) in [6.07, 6.45) is 0. The molecular weight excluding hydrogens is 1010 g/mol. The van der Waals surface area contributed by atoms with Crippen LogP contribution in [0.3, 0.4) is 0 Å². The Morgan fingerprint density at radius 3 is 1.22 bits per heavy atom. The standard InChI is InChI=1S/C78H48N2OS/c1-3-15-49(16-4-1)55-29-35-71-65(43-55)66-44-56(30-36-72(66)79(71)59-33-39-76-69(47-59)63-25-9-11-27-75(63)81-76)53-21-13-19-51(41-53)52-20-14-22-54(42-52)57-31-37-73-67(45-57)68-46-58(62-24-8-7-23-61(62)50-17-5-2-6-18-50)32-38-74(68)80(73)60-34-40-78-70(48-60)64-26-10-12-28-77(64)82-78/h1-48H. The first-order valence-corrected chi connectivity index (χ1v) is 28.8. The molecule has 0 N–H and O–H groups in total. The maximum Gasteiger partial charge on any atom is 0.135 e. The van der Waals surface area contributed by atoms with E-state index in [0.29, 0.717) is 0 Å². The first-order valence-electron chi connectivity index (χ1n) is 28.0. The van der Waals surface area contributed by atoms with E-state index >= 15 is 0 Å². The molecule has 17 rings (SSSR count). The number of furan rings is 1. The van der Waals surface area contributed by atoms with Gasteiger partial charge in [0.15, 0.2) is 0 Å². The molecule has 13 aromatic carbocycles. The zero-order chi connectivity index (χ0) is 53.8.